The van der Waals surface area contributed by atoms with E-state index in [4.69, 9.17) is 13.9 Å². The van der Waals surface area contributed by atoms with Crippen LogP contribution < -0.4 is 14.8 Å². The highest BCUT2D eigenvalue weighted by Gasteiger charge is 2.50. The molecule has 0 saturated carbocycles. The molecule has 1 atom stereocenters. The molecule has 7 nitrogen and oxygen atoms in total. The zero-order valence-corrected chi connectivity index (χ0v) is 13.4. The fraction of sp³-hybridized carbons (Fsp3) is 0.294. The summed E-state index contributed by atoms with van der Waals surface area (Å²) in [6.07, 6.45) is 1.47. The molecule has 3 amide bonds. The highest BCUT2D eigenvalue weighted by atomic mass is 16.5. The van der Waals surface area contributed by atoms with Crippen LogP contribution in [0.15, 0.2) is 47.1 Å². The van der Waals surface area contributed by atoms with Crippen LogP contribution >= 0.6 is 0 Å². The molecule has 3 rings (SSSR count). The first kappa shape index (κ1) is 15.9. The number of nitrogens with one attached hydrogen (secondary N) is 1. The number of ether oxygens (including phenoxy) is 2. The molecule has 0 bridgehead atoms. The maximum atomic E-state index is 12.6. The number of imide groups is 1. The summed E-state index contributed by atoms with van der Waals surface area (Å²) in [6.45, 7) is 1.90. The van der Waals surface area contributed by atoms with E-state index in [9.17, 15) is 9.59 Å². The molecule has 24 heavy (non-hydrogen) atoms. The number of carbonyl (C=O) groups excluding carboxylic acids is 2. The third kappa shape index (κ3) is 2.68. The highest BCUT2D eigenvalue weighted by molar-refractivity contribution is 6.06. The van der Waals surface area contributed by atoms with E-state index in [1.165, 1.54) is 6.26 Å². The Morgan fingerprint density at radius 1 is 1.17 bits per heavy atom. The quantitative estimate of drug-likeness (QED) is 0.821. The van der Waals surface area contributed by atoms with Gasteiger partial charge in [-0.15, -0.1) is 0 Å². The molecule has 1 fully saturated rings. The number of nitrogens with zero attached hydrogens (tertiary/aromatic N) is 1. The number of hydrogen-bond donors (Lipinski definition) is 1. The first-order valence-corrected chi connectivity index (χ1v) is 7.50. The standard InChI is InChI=1S/C17H18N2O5/c1-17(14-8-5-10-24-14)15(20)19(16(21)18-17)9-11-23-13-7-4-3-6-12(13)22-2/h3-8,10H,9,11H2,1-2H3,(H,18,21)/t17-/m1/s1. The van der Waals surface area contributed by atoms with Gasteiger partial charge in [0, 0.05) is 0 Å². The summed E-state index contributed by atoms with van der Waals surface area (Å²) in [5.41, 5.74) is -1.19. The lowest BCUT2D eigenvalue weighted by molar-refractivity contribution is -0.131. The van der Waals surface area contributed by atoms with Crippen LogP contribution in [0.3, 0.4) is 0 Å². The predicted molar refractivity (Wildman–Crippen MR) is 84.8 cm³/mol. The van der Waals surface area contributed by atoms with Crippen molar-refractivity contribution in [3.8, 4) is 11.5 Å². The normalized spacial score (nSPS) is 20.2. The molecule has 1 aromatic carbocycles. The predicted octanol–water partition coefficient (Wildman–Crippen LogP) is 2.13. The molecule has 0 spiro atoms. The Morgan fingerprint density at radius 2 is 1.92 bits per heavy atom. The van der Waals surface area contributed by atoms with Gasteiger partial charge < -0.3 is 19.2 Å². The lowest BCUT2D eigenvalue weighted by atomic mass is 9.99. The van der Waals surface area contributed by atoms with E-state index < -0.39 is 11.6 Å². The SMILES string of the molecule is COc1ccccc1OCCN1C(=O)N[C@](C)(c2ccco2)C1=O. The van der Waals surface area contributed by atoms with Crippen molar-refractivity contribution in [2.45, 2.75) is 12.5 Å². The van der Waals surface area contributed by atoms with Crippen LogP contribution in [0, 0.1) is 0 Å². The Balaban J connectivity index is 1.66. The van der Waals surface area contributed by atoms with Gasteiger partial charge >= 0.3 is 6.03 Å². The molecule has 2 aromatic rings. The monoisotopic (exact) mass is 330 g/mol. The molecule has 1 aliphatic rings. The van der Waals surface area contributed by atoms with Gasteiger partial charge in [-0.25, -0.2) is 4.79 Å². The summed E-state index contributed by atoms with van der Waals surface area (Å²) >= 11 is 0. The summed E-state index contributed by atoms with van der Waals surface area (Å²) in [6, 6.07) is 10.1. The van der Waals surface area contributed by atoms with Gasteiger partial charge in [-0.05, 0) is 31.2 Å². The molecule has 126 valence electrons. The Labute approximate surface area is 139 Å². The molecule has 2 heterocycles. The van der Waals surface area contributed by atoms with Crippen molar-refractivity contribution in [3.63, 3.8) is 0 Å². The second-order valence-corrected chi connectivity index (χ2v) is 5.49. The molecule has 0 radical (unpaired) electrons. The van der Waals surface area contributed by atoms with Gasteiger partial charge in [-0.3, -0.25) is 9.69 Å². The largest absolute Gasteiger partial charge is 0.493 e. The summed E-state index contributed by atoms with van der Waals surface area (Å²) in [5.74, 6) is 1.18. The van der Waals surface area contributed by atoms with Crippen molar-refractivity contribution in [2.24, 2.45) is 0 Å². The fourth-order valence-corrected chi connectivity index (χ4v) is 2.62. The van der Waals surface area contributed by atoms with Gasteiger partial charge in [-0.2, -0.15) is 0 Å². The number of urea groups is 1. The van der Waals surface area contributed by atoms with E-state index in [0.29, 0.717) is 17.3 Å². The number of methoxy groups -OCH3 is 1. The molecule has 7 heteroatoms. The van der Waals surface area contributed by atoms with Gasteiger partial charge in [0.25, 0.3) is 5.91 Å². The molecule has 1 aliphatic heterocycles. The van der Waals surface area contributed by atoms with Crippen molar-refractivity contribution in [1.82, 2.24) is 10.2 Å². The number of rotatable bonds is 6. The van der Waals surface area contributed by atoms with E-state index in [0.717, 1.165) is 4.90 Å². The van der Waals surface area contributed by atoms with E-state index in [1.54, 1.807) is 38.3 Å². The smallest absolute Gasteiger partial charge is 0.325 e. The number of amides is 3. The second-order valence-electron chi connectivity index (χ2n) is 5.49. The molecule has 1 N–H and O–H groups in total. The fourth-order valence-electron chi connectivity index (χ4n) is 2.62. The Kier molecular flexibility index (Phi) is 4.16. The molecule has 1 saturated heterocycles. The number of benzene rings is 1. The topological polar surface area (TPSA) is 81.0 Å². The van der Waals surface area contributed by atoms with Crippen LogP contribution in [0.2, 0.25) is 0 Å². The minimum absolute atomic E-state index is 0.124. The van der Waals surface area contributed by atoms with E-state index in [-0.39, 0.29) is 19.1 Å². The maximum absolute atomic E-state index is 12.6. The molecule has 1 aromatic heterocycles. The number of carbonyl (C=O) groups is 2. The Bertz CT molecular complexity index is 743. The first-order valence-electron chi connectivity index (χ1n) is 7.50. The minimum atomic E-state index is -1.19. The highest BCUT2D eigenvalue weighted by Crippen LogP contribution is 2.29. The number of hydrogen-bond acceptors (Lipinski definition) is 5. The average Bonchev–Trinajstić information content (AvgIpc) is 3.19. The Hall–Kier alpha value is -2.96. The van der Waals surface area contributed by atoms with E-state index in [1.807, 2.05) is 12.1 Å². The third-order valence-electron chi connectivity index (χ3n) is 3.93. The summed E-state index contributed by atoms with van der Waals surface area (Å²) < 4.78 is 16.1. The van der Waals surface area contributed by atoms with Crippen molar-refractivity contribution in [1.29, 1.82) is 0 Å². The molecular weight excluding hydrogens is 312 g/mol. The van der Waals surface area contributed by atoms with Gasteiger partial charge in [0.05, 0.1) is 19.9 Å². The van der Waals surface area contributed by atoms with Crippen LogP contribution in [0.4, 0.5) is 4.79 Å². The maximum Gasteiger partial charge on any atom is 0.325 e. The molecule has 0 unspecified atom stereocenters. The van der Waals surface area contributed by atoms with Crippen molar-refractivity contribution in [2.75, 3.05) is 20.3 Å². The number of furan rings is 1. The zero-order chi connectivity index (χ0) is 17.2. The summed E-state index contributed by atoms with van der Waals surface area (Å²) in [5, 5.41) is 2.67. The van der Waals surface area contributed by atoms with Crippen LogP contribution in [0.25, 0.3) is 0 Å². The molecule has 0 aliphatic carbocycles. The van der Waals surface area contributed by atoms with Crippen molar-refractivity contribution in [3.05, 3.63) is 48.4 Å². The van der Waals surface area contributed by atoms with Gasteiger partial charge in [-0.1, -0.05) is 12.1 Å². The summed E-state index contributed by atoms with van der Waals surface area (Å²) in [7, 11) is 1.55. The van der Waals surface area contributed by atoms with Gasteiger partial charge in [0.1, 0.15) is 12.4 Å². The second kappa shape index (κ2) is 6.27. The number of para-hydroxylation sites is 2. The molecular formula is C17H18N2O5. The van der Waals surface area contributed by atoms with E-state index in [2.05, 4.69) is 5.32 Å². The van der Waals surface area contributed by atoms with Gasteiger partial charge in [0.15, 0.2) is 17.0 Å². The summed E-state index contributed by atoms with van der Waals surface area (Å²) in [4.78, 5) is 25.9. The lowest BCUT2D eigenvalue weighted by Gasteiger charge is -2.19. The minimum Gasteiger partial charge on any atom is -0.493 e. The van der Waals surface area contributed by atoms with Crippen molar-refractivity contribution >= 4 is 11.9 Å². The lowest BCUT2D eigenvalue weighted by Crippen LogP contribution is -2.41. The van der Waals surface area contributed by atoms with Crippen LogP contribution in [0.5, 0.6) is 11.5 Å². The van der Waals surface area contributed by atoms with Crippen LogP contribution in [-0.4, -0.2) is 37.1 Å². The van der Waals surface area contributed by atoms with Gasteiger partial charge in [0.2, 0.25) is 0 Å². The third-order valence-corrected chi connectivity index (χ3v) is 3.93. The Morgan fingerprint density at radius 3 is 2.58 bits per heavy atom. The average molecular weight is 330 g/mol. The van der Waals surface area contributed by atoms with E-state index >= 15 is 0 Å². The van der Waals surface area contributed by atoms with Crippen molar-refractivity contribution < 1.29 is 23.5 Å². The zero-order valence-electron chi connectivity index (χ0n) is 13.4. The first-order chi connectivity index (χ1) is 11.6. The van der Waals surface area contributed by atoms with Crippen LogP contribution in [-0.2, 0) is 10.3 Å². The van der Waals surface area contributed by atoms with Crippen LogP contribution in [0.1, 0.15) is 12.7 Å².